The van der Waals surface area contributed by atoms with E-state index >= 15 is 0 Å². The molecule has 4 nitrogen and oxygen atoms in total. The van der Waals surface area contributed by atoms with E-state index in [1.807, 2.05) is 0 Å². The zero-order valence-electron chi connectivity index (χ0n) is 10.5. The number of hydrogen-bond donors (Lipinski definition) is 2. The van der Waals surface area contributed by atoms with Gasteiger partial charge in [0.2, 0.25) is 5.91 Å². The van der Waals surface area contributed by atoms with Gasteiger partial charge in [0.15, 0.2) is 0 Å². The number of rotatable bonds is 5. The first kappa shape index (κ1) is 16.0. The molecule has 1 aromatic rings. The zero-order valence-corrected chi connectivity index (χ0v) is 10.5. The summed E-state index contributed by atoms with van der Waals surface area (Å²) in [4.78, 5) is 12.1. The van der Waals surface area contributed by atoms with Crippen molar-refractivity contribution in [3.05, 3.63) is 35.9 Å². The molecule has 0 heterocycles. The van der Waals surface area contributed by atoms with E-state index < -0.39 is 31.8 Å². The highest BCUT2D eigenvalue weighted by molar-refractivity contribution is 5.91. The van der Waals surface area contributed by atoms with Gasteiger partial charge in [0.05, 0.1) is 6.61 Å². The van der Waals surface area contributed by atoms with Gasteiger partial charge in [-0.15, -0.1) is 0 Å². The Morgan fingerprint density at radius 2 is 1.85 bits per heavy atom. The highest BCUT2D eigenvalue weighted by Crippen LogP contribution is 2.17. The first-order valence-corrected chi connectivity index (χ1v) is 5.75. The number of halogens is 3. The van der Waals surface area contributed by atoms with Crippen molar-refractivity contribution in [2.24, 2.45) is 0 Å². The highest BCUT2D eigenvalue weighted by atomic mass is 19.4. The first-order chi connectivity index (χ1) is 9.31. The summed E-state index contributed by atoms with van der Waals surface area (Å²) in [6.45, 7) is -2.35. The van der Waals surface area contributed by atoms with Gasteiger partial charge >= 0.3 is 6.18 Å². The molecule has 20 heavy (non-hydrogen) atoms. The van der Waals surface area contributed by atoms with E-state index in [0.29, 0.717) is 10.5 Å². The van der Waals surface area contributed by atoms with E-state index in [-0.39, 0.29) is 5.75 Å². The molecule has 1 rings (SSSR count). The Labute approximate surface area is 113 Å². The second kappa shape index (κ2) is 6.95. The summed E-state index contributed by atoms with van der Waals surface area (Å²) in [5.41, 5.74) is 0.562. The Morgan fingerprint density at radius 1 is 1.25 bits per heavy atom. The van der Waals surface area contributed by atoms with Crippen LogP contribution in [0.15, 0.2) is 30.3 Å². The molecule has 7 heteroatoms. The number of benzene rings is 1. The van der Waals surface area contributed by atoms with Gasteiger partial charge in [0.25, 0.3) is 0 Å². The van der Waals surface area contributed by atoms with E-state index in [0.717, 1.165) is 6.08 Å². The van der Waals surface area contributed by atoms with Crippen LogP contribution in [0.25, 0.3) is 6.08 Å². The van der Waals surface area contributed by atoms with Crippen LogP contribution in [0.1, 0.15) is 5.56 Å². The normalized spacial score (nSPS) is 11.8. The van der Waals surface area contributed by atoms with Crippen LogP contribution in [0.5, 0.6) is 5.75 Å². The molecule has 2 N–H and O–H groups in total. The third-order valence-electron chi connectivity index (χ3n) is 2.36. The smallest absolute Gasteiger partial charge is 0.406 e. The molecule has 0 aromatic heterocycles. The van der Waals surface area contributed by atoms with E-state index in [4.69, 9.17) is 10.2 Å². The monoisotopic (exact) mass is 289 g/mol. The van der Waals surface area contributed by atoms with Crippen LogP contribution in [-0.2, 0) is 4.79 Å². The lowest BCUT2D eigenvalue weighted by atomic mass is 10.2. The second-order valence-corrected chi connectivity index (χ2v) is 4.02. The maximum absolute atomic E-state index is 12.3. The molecule has 1 aromatic carbocycles. The van der Waals surface area contributed by atoms with Gasteiger partial charge in [-0.3, -0.25) is 4.79 Å². The minimum Gasteiger partial charge on any atom is -0.508 e. The maximum atomic E-state index is 12.3. The number of nitrogens with zero attached hydrogens (tertiary/aromatic N) is 1. The Kier molecular flexibility index (Phi) is 5.57. The van der Waals surface area contributed by atoms with Gasteiger partial charge in [-0.2, -0.15) is 13.2 Å². The minimum atomic E-state index is -4.52. The molecule has 0 saturated heterocycles. The number of carbonyl (C=O) groups excluding carboxylic acids is 1. The van der Waals surface area contributed by atoms with Crippen molar-refractivity contribution < 1.29 is 28.2 Å². The molecule has 0 saturated carbocycles. The van der Waals surface area contributed by atoms with Crippen LogP contribution < -0.4 is 0 Å². The fourth-order valence-corrected chi connectivity index (χ4v) is 1.46. The molecule has 0 unspecified atom stereocenters. The predicted molar refractivity (Wildman–Crippen MR) is 66.9 cm³/mol. The summed E-state index contributed by atoms with van der Waals surface area (Å²) in [6, 6.07) is 5.81. The van der Waals surface area contributed by atoms with Crippen molar-refractivity contribution in [2.45, 2.75) is 6.18 Å². The highest BCUT2D eigenvalue weighted by Gasteiger charge is 2.32. The zero-order chi connectivity index (χ0) is 15.2. The summed E-state index contributed by atoms with van der Waals surface area (Å²) in [6.07, 6.45) is -2.19. The van der Waals surface area contributed by atoms with Crippen molar-refractivity contribution in [1.29, 1.82) is 0 Å². The summed E-state index contributed by atoms with van der Waals surface area (Å²) in [5.74, 6) is -0.795. The number of alkyl halides is 3. The molecular formula is C13H14F3NO3. The van der Waals surface area contributed by atoms with Crippen LogP contribution in [0.4, 0.5) is 13.2 Å². The average molecular weight is 289 g/mol. The quantitative estimate of drug-likeness (QED) is 0.812. The fourth-order valence-electron chi connectivity index (χ4n) is 1.46. The molecular weight excluding hydrogens is 275 g/mol. The molecule has 110 valence electrons. The number of carbonyl (C=O) groups is 1. The largest absolute Gasteiger partial charge is 0.508 e. The summed E-state index contributed by atoms with van der Waals surface area (Å²) >= 11 is 0. The number of phenols is 1. The number of aliphatic hydroxyl groups excluding tert-OH is 1. The van der Waals surface area contributed by atoms with E-state index in [9.17, 15) is 18.0 Å². The van der Waals surface area contributed by atoms with Gasteiger partial charge in [0, 0.05) is 12.6 Å². The Hall–Kier alpha value is -2.02. The Balaban J connectivity index is 2.72. The van der Waals surface area contributed by atoms with Gasteiger partial charge in [-0.25, -0.2) is 0 Å². The number of aromatic hydroxyl groups is 1. The van der Waals surface area contributed by atoms with Gasteiger partial charge in [-0.05, 0) is 23.8 Å². The van der Waals surface area contributed by atoms with Crippen molar-refractivity contribution in [1.82, 2.24) is 4.90 Å². The molecule has 0 radical (unpaired) electrons. The molecule has 0 fully saturated rings. The van der Waals surface area contributed by atoms with Crippen molar-refractivity contribution in [3.63, 3.8) is 0 Å². The van der Waals surface area contributed by atoms with Crippen LogP contribution >= 0.6 is 0 Å². The summed E-state index contributed by atoms with van der Waals surface area (Å²) in [7, 11) is 0. The van der Waals surface area contributed by atoms with Crippen LogP contribution in [0.3, 0.4) is 0 Å². The number of aliphatic hydroxyl groups is 1. The topological polar surface area (TPSA) is 60.8 Å². The van der Waals surface area contributed by atoms with Crippen LogP contribution in [-0.4, -0.2) is 46.9 Å². The Bertz CT molecular complexity index is 469. The second-order valence-electron chi connectivity index (χ2n) is 4.02. The first-order valence-electron chi connectivity index (χ1n) is 5.75. The molecule has 0 bridgehead atoms. The van der Waals surface area contributed by atoms with Gasteiger partial charge < -0.3 is 15.1 Å². The predicted octanol–water partition coefficient (Wildman–Crippen LogP) is 1.79. The lowest BCUT2D eigenvalue weighted by Crippen LogP contribution is -2.39. The van der Waals surface area contributed by atoms with Crippen LogP contribution in [0, 0.1) is 0 Å². The minimum absolute atomic E-state index is 0.0486. The number of amides is 1. The molecule has 0 aliphatic heterocycles. The third-order valence-corrected chi connectivity index (χ3v) is 2.36. The van der Waals surface area contributed by atoms with Crippen molar-refractivity contribution in [2.75, 3.05) is 19.7 Å². The van der Waals surface area contributed by atoms with E-state index in [1.165, 1.54) is 30.3 Å². The van der Waals surface area contributed by atoms with Gasteiger partial charge in [0.1, 0.15) is 12.3 Å². The van der Waals surface area contributed by atoms with E-state index in [2.05, 4.69) is 0 Å². The molecule has 0 spiro atoms. The molecule has 0 atom stereocenters. The average Bonchev–Trinajstić information content (AvgIpc) is 2.35. The van der Waals surface area contributed by atoms with E-state index in [1.54, 1.807) is 0 Å². The molecule has 1 amide bonds. The van der Waals surface area contributed by atoms with Gasteiger partial charge in [-0.1, -0.05) is 12.1 Å². The fraction of sp³-hybridized carbons (Fsp3) is 0.308. The third kappa shape index (κ3) is 5.75. The molecule has 0 aliphatic carbocycles. The molecule has 0 aliphatic rings. The summed E-state index contributed by atoms with van der Waals surface area (Å²) < 4.78 is 36.8. The number of phenolic OH excluding ortho intramolecular Hbond substituents is 1. The van der Waals surface area contributed by atoms with Crippen LogP contribution in [0.2, 0.25) is 0 Å². The maximum Gasteiger partial charge on any atom is 0.406 e. The summed E-state index contributed by atoms with van der Waals surface area (Å²) in [5, 5.41) is 17.8. The Morgan fingerprint density at radius 3 is 2.35 bits per heavy atom. The lowest BCUT2D eigenvalue weighted by molar-refractivity contribution is -0.158. The standard InChI is InChI=1S/C13H14F3NO3/c14-13(15,16)9-17(7-8-18)12(20)6-3-10-1-4-11(19)5-2-10/h1-6,18-19H,7-9H2/b6-3+. The van der Waals surface area contributed by atoms with Crippen molar-refractivity contribution >= 4 is 12.0 Å². The lowest BCUT2D eigenvalue weighted by Gasteiger charge is -2.21. The van der Waals surface area contributed by atoms with Crippen molar-refractivity contribution in [3.8, 4) is 5.75 Å². The number of hydrogen-bond acceptors (Lipinski definition) is 3. The SMILES string of the molecule is O=C(/C=C/c1ccc(O)cc1)N(CCO)CC(F)(F)F.